The van der Waals surface area contributed by atoms with E-state index < -0.39 is 23.8 Å². The molecule has 4 nitrogen and oxygen atoms in total. The molecule has 0 aromatic heterocycles. The molecule has 0 bridgehead atoms. The lowest BCUT2D eigenvalue weighted by molar-refractivity contribution is -0.123. The van der Waals surface area contributed by atoms with Gasteiger partial charge in [0.15, 0.2) is 6.10 Å². The van der Waals surface area contributed by atoms with Gasteiger partial charge in [-0.1, -0.05) is 29.8 Å². The number of carbonyl (C=O) groups excluding carboxylic acids is 2. The molecule has 2 aromatic carbocycles. The monoisotopic (exact) mass is 321 g/mol. The molecule has 6 heteroatoms. The molecule has 2 rings (SSSR count). The Labute approximate surface area is 131 Å². The van der Waals surface area contributed by atoms with E-state index in [1.54, 1.807) is 24.3 Å². The van der Waals surface area contributed by atoms with Crippen molar-refractivity contribution < 1.29 is 18.7 Å². The molecule has 2 aromatic rings. The minimum absolute atomic E-state index is 0.218. The number of amides is 1. The van der Waals surface area contributed by atoms with E-state index in [1.165, 1.54) is 25.1 Å². The third-order valence-corrected chi connectivity index (χ3v) is 3.07. The number of esters is 1. The Bertz CT molecular complexity index is 705. The quantitative estimate of drug-likeness (QED) is 0.874. The Morgan fingerprint density at radius 2 is 1.91 bits per heavy atom. The van der Waals surface area contributed by atoms with Crippen LogP contribution >= 0.6 is 11.6 Å². The highest BCUT2D eigenvalue weighted by molar-refractivity contribution is 6.30. The van der Waals surface area contributed by atoms with Crippen LogP contribution in [-0.4, -0.2) is 18.0 Å². The molecule has 0 radical (unpaired) electrons. The highest BCUT2D eigenvalue weighted by atomic mass is 35.5. The predicted octanol–water partition coefficient (Wildman–Crippen LogP) is 3.66. The second-order valence-electron chi connectivity index (χ2n) is 4.53. The highest BCUT2D eigenvalue weighted by Crippen LogP contribution is 2.16. The van der Waals surface area contributed by atoms with Crippen LogP contribution in [0.15, 0.2) is 48.5 Å². The lowest BCUT2D eigenvalue weighted by Crippen LogP contribution is -2.30. The van der Waals surface area contributed by atoms with Crippen LogP contribution in [0.25, 0.3) is 0 Å². The summed E-state index contributed by atoms with van der Waals surface area (Å²) >= 11 is 5.81. The van der Waals surface area contributed by atoms with Crippen LogP contribution in [-0.2, 0) is 9.53 Å². The number of carbonyl (C=O) groups is 2. The predicted molar refractivity (Wildman–Crippen MR) is 81.4 cm³/mol. The first-order valence-electron chi connectivity index (χ1n) is 6.49. The highest BCUT2D eigenvalue weighted by Gasteiger charge is 2.20. The van der Waals surface area contributed by atoms with Crippen LogP contribution in [0.1, 0.15) is 17.3 Å². The van der Waals surface area contributed by atoms with Crippen LogP contribution < -0.4 is 5.32 Å². The van der Waals surface area contributed by atoms with E-state index in [0.29, 0.717) is 10.7 Å². The van der Waals surface area contributed by atoms with Gasteiger partial charge in [0.1, 0.15) is 5.82 Å². The molecular formula is C16H13ClFNO3. The Kier molecular flexibility index (Phi) is 5.12. The van der Waals surface area contributed by atoms with Gasteiger partial charge >= 0.3 is 5.97 Å². The van der Waals surface area contributed by atoms with Crippen molar-refractivity contribution in [3.05, 3.63) is 64.9 Å². The molecule has 0 saturated carbocycles. The van der Waals surface area contributed by atoms with Crippen molar-refractivity contribution >= 4 is 29.2 Å². The minimum Gasteiger partial charge on any atom is -0.449 e. The zero-order valence-electron chi connectivity index (χ0n) is 11.7. The first-order valence-corrected chi connectivity index (χ1v) is 6.87. The molecule has 0 fully saturated rings. The van der Waals surface area contributed by atoms with Gasteiger partial charge in [-0.2, -0.15) is 0 Å². The summed E-state index contributed by atoms with van der Waals surface area (Å²) in [6.45, 7) is 1.40. The van der Waals surface area contributed by atoms with Crippen molar-refractivity contribution in [1.82, 2.24) is 0 Å². The smallest absolute Gasteiger partial charge is 0.341 e. The van der Waals surface area contributed by atoms with Gasteiger partial charge in [-0.15, -0.1) is 0 Å². The van der Waals surface area contributed by atoms with Crippen LogP contribution in [0.5, 0.6) is 0 Å². The van der Waals surface area contributed by atoms with Crippen molar-refractivity contribution in [2.45, 2.75) is 13.0 Å². The van der Waals surface area contributed by atoms with E-state index in [1.807, 2.05) is 0 Å². The van der Waals surface area contributed by atoms with Crippen LogP contribution in [0.3, 0.4) is 0 Å². The molecule has 0 spiro atoms. The fraction of sp³-hybridized carbons (Fsp3) is 0.125. The van der Waals surface area contributed by atoms with E-state index in [0.717, 1.165) is 6.07 Å². The maximum Gasteiger partial charge on any atom is 0.341 e. The molecule has 114 valence electrons. The SMILES string of the molecule is CC(OC(=O)c1ccccc1F)C(=O)Nc1cccc(Cl)c1. The van der Waals surface area contributed by atoms with Gasteiger partial charge in [0, 0.05) is 10.7 Å². The summed E-state index contributed by atoms with van der Waals surface area (Å²) in [4.78, 5) is 23.8. The average Bonchev–Trinajstić information content (AvgIpc) is 2.47. The standard InChI is InChI=1S/C16H13ClFNO3/c1-10(15(20)19-12-6-4-5-11(17)9-12)22-16(21)13-7-2-3-8-14(13)18/h2-10H,1H3,(H,19,20). The number of anilines is 1. The summed E-state index contributed by atoms with van der Waals surface area (Å²) in [5.41, 5.74) is 0.260. The summed E-state index contributed by atoms with van der Waals surface area (Å²) in [5, 5.41) is 3.03. The summed E-state index contributed by atoms with van der Waals surface area (Å²) < 4.78 is 18.4. The molecule has 1 amide bonds. The van der Waals surface area contributed by atoms with E-state index in [9.17, 15) is 14.0 Å². The number of hydrogen-bond donors (Lipinski definition) is 1. The molecule has 0 aliphatic carbocycles. The lowest BCUT2D eigenvalue weighted by Gasteiger charge is -2.14. The number of halogens is 2. The topological polar surface area (TPSA) is 55.4 Å². The largest absolute Gasteiger partial charge is 0.449 e. The van der Waals surface area contributed by atoms with Gasteiger partial charge in [-0.3, -0.25) is 4.79 Å². The molecule has 0 aliphatic heterocycles. The number of rotatable bonds is 4. The van der Waals surface area contributed by atoms with E-state index >= 15 is 0 Å². The van der Waals surface area contributed by atoms with Crippen LogP contribution in [0.2, 0.25) is 5.02 Å². The molecule has 1 N–H and O–H groups in total. The lowest BCUT2D eigenvalue weighted by atomic mass is 10.2. The van der Waals surface area contributed by atoms with E-state index in [4.69, 9.17) is 16.3 Å². The summed E-state index contributed by atoms with van der Waals surface area (Å²) in [6, 6.07) is 12.0. The van der Waals surface area contributed by atoms with Gasteiger partial charge in [-0.05, 0) is 37.3 Å². The molecule has 0 heterocycles. The zero-order chi connectivity index (χ0) is 16.1. The van der Waals surface area contributed by atoms with Crippen molar-refractivity contribution in [1.29, 1.82) is 0 Å². The van der Waals surface area contributed by atoms with Crippen molar-refractivity contribution in [2.24, 2.45) is 0 Å². The third-order valence-electron chi connectivity index (χ3n) is 2.84. The number of ether oxygens (including phenoxy) is 1. The Morgan fingerprint density at radius 3 is 2.59 bits per heavy atom. The van der Waals surface area contributed by atoms with Crippen LogP contribution in [0.4, 0.5) is 10.1 Å². The maximum atomic E-state index is 13.5. The molecule has 1 unspecified atom stereocenters. The number of nitrogens with one attached hydrogen (secondary N) is 1. The van der Waals surface area contributed by atoms with Gasteiger partial charge in [0.05, 0.1) is 5.56 Å². The molecule has 22 heavy (non-hydrogen) atoms. The first-order chi connectivity index (χ1) is 10.5. The van der Waals surface area contributed by atoms with E-state index in [2.05, 4.69) is 5.32 Å². The summed E-state index contributed by atoms with van der Waals surface area (Å²) in [7, 11) is 0. The number of hydrogen-bond acceptors (Lipinski definition) is 3. The van der Waals surface area contributed by atoms with Gasteiger partial charge < -0.3 is 10.1 Å². The van der Waals surface area contributed by atoms with Gasteiger partial charge in [-0.25, -0.2) is 9.18 Å². The number of benzene rings is 2. The molecule has 0 aliphatic rings. The molecular weight excluding hydrogens is 309 g/mol. The Morgan fingerprint density at radius 1 is 1.18 bits per heavy atom. The normalized spacial score (nSPS) is 11.6. The maximum absolute atomic E-state index is 13.5. The Balaban J connectivity index is 1.99. The fourth-order valence-electron chi connectivity index (χ4n) is 1.71. The summed E-state index contributed by atoms with van der Waals surface area (Å²) in [6.07, 6.45) is -1.08. The first kappa shape index (κ1) is 16.0. The zero-order valence-corrected chi connectivity index (χ0v) is 12.4. The molecule has 1 atom stereocenters. The Hall–Kier alpha value is -2.40. The fourth-order valence-corrected chi connectivity index (χ4v) is 1.90. The van der Waals surface area contributed by atoms with Crippen molar-refractivity contribution in [2.75, 3.05) is 5.32 Å². The second-order valence-corrected chi connectivity index (χ2v) is 4.96. The molecule has 0 saturated heterocycles. The van der Waals surface area contributed by atoms with E-state index in [-0.39, 0.29) is 5.56 Å². The average molecular weight is 322 g/mol. The van der Waals surface area contributed by atoms with Crippen molar-refractivity contribution in [3.63, 3.8) is 0 Å². The van der Waals surface area contributed by atoms with Gasteiger partial charge in [0.25, 0.3) is 5.91 Å². The summed E-state index contributed by atoms with van der Waals surface area (Å²) in [5.74, 6) is -2.13. The minimum atomic E-state index is -1.08. The van der Waals surface area contributed by atoms with Gasteiger partial charge in [0.2, 0.25) is 0 Å². The third kappa shape index (κ3) is 4.05. The second kappa shape index (κ2) is 7.04. The van der Waals surface area contributed by atoms with Crippen molar-refractivity contribution in [3.8, 4) is 0 Å². The van der Waals surface area contributed by atoms with Crippen LogP contribution in [0, 0.1) is 5.82 Å².